The molecule has 2 rings (SSSR count). The van der Waals surface area contributed by atoms with E-state index in [1.54, 1.807) is 4.90 Å². The maximum Gasteiger partial charge on any atom is 0.339 e. The van der Waals surface area contributed by atoms with Crippen LogP contribution in [0.15, 0.2) is 23.1 Å². The fraction of sp³-hybridized carbons (Fsp3) is 0.556. The number of likely N-dealkylation sites (tertiary alicyclic amines) is 1. The fourth-order valence-corrected chi connectivity index (χ4v) is 4.27. The van der Waals surface area contributed by atoms with Crippen LogP contribution in [0.2, 0.25) is 0 Å². The van der Waals surface area contributed by atoms with Crippen LogP contribution in [0.4, 0.5) is 5.69 Å². The summed E-state index contributed by atoms with van der Waals surface area (Å²) in [6.07, 6.45) is 2.54. The molecule has 0 spiro atoms. The Morgan fingerprint density at radius 3 is 2.32 bits per heavy atom. The summed E-state index contributed by atoms with van der Waals surface area (Å²) in [5.41, 5.74) is -0.910. The third-order valence-electron chi connectivity index (χ3n) is 4.87. The van der Waals surface area contributed by atoms with E-state index in [0.717, 1.165) is 43.7 Å². The Bertz CT molecular complexity index is 887. The second-order valence-electron chi connectivity index (χ2n) is 7.13. The highest BCUT2D eigenvalue weighted by Gasteiger charge is 2.33. The summed E-state index contributed by atoms with van der Waals surface area (Å²) in [5.74, 6) is -1.25. The van der Waals surface area contributed by atoms with E-state index in [0.29, 0.717) is 0 Å². The standard InChI is InChI=1S/C18H24N2O7S/c1-11-6-5-7-12(2)19(11)17(21)13(3)27-18(22)14-8-9-16(28(4,25)26)15(10-14)20(23)24/h8-13H,5-7H2,1-4H3/t11-,12-,13-/m1/s1. The molecule has 9 nitrogen and oxygen atoms in total. The molecule has 0 N–H and O–H groups in total. The van der Waals surface area contributed by atoms with E-state index in [9.17, 15) is 28.1 Å². The smallest absolute Gasteiger partial charge is 0.339 e. The summed E-state index contributed by atoms with van der Waals surface area (Å²) in [6.45, 7) is 5.33. The zero-order valence-corrected chi connectivity index (χ0v) is 17.1. The van der Waals surface area contributed by atoms with Crippen molar-refractivity contribution in [3.05, 3.63) is 33.9 Å². The SMILES string of the molecule is C[C@@H]1CCC[C@@H](C)N1C(=O)[C@@H](C)OC(=O)c1ccc(S(C)(=O)=O)c([N+](=O)[O-])c1. The van der Waals surface area contributed by atoms with Gasteiger partial charge < -0.3 is 9.64 Å². The Balaban J connectivity index is 2.21. The van der Waals surface area contributed by atoms with Crippen molar-refractivity contribution in [2.45, 2.75) is 63.1 Å². The summed E-state index contributed by atoms with van der Waals surface area (Å²) < 4.78 is 28.6. The number of carbonyl (C=O) groups excluding carboxylic acids is 2. The first-order valence-electron chi connectivity index (χ1n) is 8.95. The van der Waals surface area contributed by atoms with E-state index in [4.69, 9.17) is 4.74 Å². The van der Waals surface area contributed by atoms with E-state index in [-0.39, 0.29) is 23.6 Å². The largest absolute Gasteiger partial charge is 0.449 e. The van der Waals surface area contributed by atoms with Gasteiger partial charge in [-0.3, -0.25) is 14.9 Å². The zero-order chi connectivity index (χ0) is 21.2. The first kappa shape index (κ1) is 21.8. The normalized spacial score (nSPS) is 21.1. The van der Waals surface area contributed by atoms with Crippen LogP contribution in [0, 0.1) is 10.1 Å². The van der Waals surface area contributed by atoms with Crippen LogP contribution >= 0.6 is 0 Å². The molecule has 28 heavy (non-hydrogen) atoms. The highest BCUT2D eigenvalue weighted by atomic mass is 32.2. The first-order valence-corrected chi connectivity index (χ1v) is 10.8. The third kappa shape index (κ3) is 4.67. The number of sulfone groups is 1. The Hall–Kier alpha value is -2.49. The van der Waals surface area contributed by atoms with E-state index in [1.165, 1.54) is 6.92 Å². The monoisotopic (exact) mass is 412 g/mol. The second-order valence-corrected chi connectivity index (χ2v) is 9.12. The van der Waals surface area contributed by atoms with Crippen LogP contribution < -0.4 is 0 Å². The molecule has 1 aromatic rings. The third-order valence-corrected chi connectivity index (χ3v) is 6.01. The van der Waals surface area contributed by atoms with Crippen molar-refractivity contribution < 1.29 is 27.7 Å². The van der Waals surface area contributed by atoms with Crippen LogP contribution in [0.1, 0.15) is 50.4 Å². The van der Waals surface area contributed by atoms with Crippen LogP contribution in [-0.4, -0.2) is 54.6 Å². The molecule has 1 fully saturated rings. The van der Waals surface area contributed by atoms with Crippen LogP contribution in [0.3, 0.4) is 0 Å². The summed E-state index contributed by atoms with van der Waals surface area (Å²) in [6, 6.07) is 3.04. The maximum absolute atomic E-state index is 12.7. The van der Waals surface area contributed by atoms with Gasteiger partial charge in [-0.15, -0.1) is 0 Å². The van der Waals surface area contributed by atoms with Gasteiger partial charge in [0.1, 0.15) is 4.90 Å². The van der Waals surface area contributed by atoms with Crippen molar-refractivity contribution in [2.75, 3.05) is 6.26 Å². The molecule has 0 radical (unpaired) electrons. The molecule has 0 aliphatic carbocycles. The van der Waals surface area contributed by atoms with Crippen LogP contribution in [0.5, 0.6) is 0 Å². The summed E-state index contributed by atoms with van der Waals surface area (Å²) in [5, 5.41) is 11.2. The van der Waals surface area contributed by atoms with Crippen molar-refractivity contribution in [3.8, 4) is 0 Å². The molecule has 0 unspecified atom stereocenters. The van der Waals surface area contributed by atoms with E-state index in [1.807, 2.05) is 13.8 Å². The van der Waals surface area contributed by atoms with Gasteiger partial charge in [0.15, 0.2) is 15.9 Å². The molecular formula is C18H24N2O7S. The number of amides is 1. The van der Waals surface area contributed by atoms with Gasteiger partial charge in [0.2, 0.25) is 0 Å². The molecule has 1 aliphatic rings. The number of hydrogen-bond donors (Lipinski definition) is 0. The van der Waals surface area contributed by atoms with Crippen LogP contribution in [-0.2, 0) is 19.4 Å². The molecule has 10 heteroatoms. The van der Waals surface area contributed by atoms with Crippen molar-refractivity contribution >= 4 is 27.4 Å². The highest BCUT2D eigenvalue weighted by Crippen LogP contribution is 2.26. The fourth-order valence-electron chi connectivity index (χ4n) is 3.45. The molecule has 1 saturated heterocycles. The Labute approximate surface area is 163 Å². The molecule has 0 saturated carbocycles. The minimum atomic E-state index is -3.84. The van der Waals surface area contributed by atoms with Gasteiger partial charge in [-0.2, -0.15) is 0 Å². The number of ether oxygens (including phenoxy) is 1. The predicted octanol–water partition coefficient (Wildman–Crippen LogP) is 2.33. The minimum absolute atomic E-state index is 0.0348. The van der Waals surface area contributed by atoms with Gasteiger partial charge in [-0.25, -0.2) is 13.2 Å². The molecule has 1 aliphatic heterocycles. The van der Waals surface area contributed by atoms with Crippen LogP contribution in [0.25, 0.3) is 0 Å². The lowest BCUT2D eigenvalue weighted by atomic mass is 9.97. The highest BCUT2D eigenvalue weighted by molar-refractivity contribution is 7.90. The maximum atomic E-state index is 12.7. The number of piperidine rings is 1. The number of nitro benzene ring substituents is 1. The Morgan fingerprint density at radius 2 is 1.82 bits per heavy atom. The summed E-state index contributed by atoms with van der Waals surface area (Å²) >= 11 is 0. The zero-order valence-electron chi connectivity index (χ0n) is 16.2. The lowest BCUT2D eigenvalue weighted by molar-refractivity contribution is -0.387. The molecule has 154 valence electrons. The van der Waals surface area contributed by atoms with E-state index >= 15 is 0 Å². The lowest BCUT2D eigenvalue weighted by Crippen LogP contribution is -2.51. The average molecular weight is 412 g/mol. The Kier molecular flexibility index (Phi) is 6.43. The van der Waals surface area contributed by atoms with Gasteiger partial charge in [-0.1, -0.05) is 0 Å². The average Bonchev–Trinajstić information content (AvgIpc) is 2.59. The number of benzene rings is 1. The summed E-state index contributed by atoms with van der Waals surface area (Å²) in [4.78, 5) is 36.6. The number of hydrogen-bond acceptors (Lipinski definition) is 7. The molecule has 0 aromatic heterocycles. The van der Waals surface area contributed by atoms with Crippen molar-refractivity contribution in [3.63, 3.8) is 0 Å². The van der Waals surface area contributed by atoms with Gasteiger partial charge in [0.05, 0.1) is 10.5 Å². The summed E-state index contributed by atoms with van der Waals surface area (Å²) in [7, 11) is -3.84. The quantitative estimate of drug-likeness (QED) is 0.413. The van der Waals surface area contributed by atoms with Crippen molar-refractivity contribution in [1.29, 1.82) is 0 Å². The topological polar surface area (TPSA) is 124 Å². The number of nitro groups is 1. The number of rotatable bonds is 5. The van der Waals surface area contributed by atoms with Gasteiger partial charge in [0, 0.05) is 24.4 Å². The van der Waals surface area contributed by atoms with E-state index in [2.05, 4.69) is 0 Å². The molecule has 3 atom stereocenters. The predicted molar refractivity (Wildman–Crippen MR) is 101 cm³/mol. The Morgan fingerprint density at radius 1 is 1.25 bits per heavy atom. The first-order chi connectivity index (χ1) is 12.9. The minimum Gasteiger partial charge on any atom is -0.449 e. The molecule has 0 bridgehead atoms. The van der Waals surface area contributed by atoms with Gasteiger partial charge in [0.25, 0.3) is 11.6 Å². The molecular weight excluding hydrogens is 388 g/mol. The second kappa shape index (κ2) is 8.26. The van der Waals surface area contributed by atoms with Crippen molar-refractivity contribution in [2.24, 2.45) is 0 Å². The molecule has 1 heterocycles. The van der Waals surface area contributed by atoms with Crippen molar-refractivity contribution in [1.82, 2.24) is 4.90 Å². The number of carbonyl (C=O) groups is 2. The molecule has 1 amide bonds. The number of esters is 1. The number of nitrogens with zero attached hydrogens (tertiary/aromatic N) is 2. The van der Waals surface area contributed by atoms with Gasteiger partial charge >= 0.3 is 5.97 Å². The lowest BCUT2D eigenvalue weighted by Gasteiger charge is -2.40. The van der Waals surface area contributed by atoms with E-state index < -0.39 is 37.4 Å². The molecule has 1 aromatic carbocycles. The van der Waals surface area contributed by atoms with Gasteiger partial charge in [-0.05, 0) is 52.2 Å².